The number of nitrogens with two attached hydrogens (primary N) is 1. The first-order valence-corrected chi connectivity index (χ1v) is 5.23. The van der Waals surface area contributed by atoms with Crippen LogP contribution < -0.4 is 5.73 Å². The Bertz CT molecular complexity index is 382. The van der Waals surface area contributed by atoms with Crippen LogP contribution in [0.4, 0.5) is 10.1 Å². The standard InChI is InChI=1S/C10H11BrFNO2/c1-2-15-10(14)4-6-3-7(11)8(12)5-9(6)13/h3,5H,2,4,13H2,1H3. The Balaban J connectivity index is 2.86. The Labute approximate surface area is 95.5 Å². The fraction of sp³-hybridized carbons (Fsp3) is 0.300. The first-order chi connectivity index (χ1) is 7.04. The van der Waals surface area contributed by atoms with Crippen molar-refractivity contribution in [3.05, 3.63) is 28.0 Å². The van der Waals surface area contributed by atoms with Crippen molar-refractivity contribution in [1.29, 1.82) is 0 Å². The number of rotatable bonds is 3. The highest BCUT2D eigenvalue weighted by atomic mass is 79.9. The van der Waals surface area contributed by atoms with Crippen molar-refractivity contribution in [2.45, 2.75) is 13.3 Å². The summed E-state index contributed by atoms with van der Waals surface area (Å²) < 4.78 is 18.1. The predicted octanol–water partition coefficient (Wildman–Crippen LogP) is 2.28. The molecular weight excluding hydrogens is 265 g/mol. The molecule has 1 rings (SSSR count). The van der Waals surface area contributed by atoms with Gasteiger partial charge < -0.3 is 10.5 Å². The third kappa shape index (κ3) is 3.20. The second-order valence-electron chi connectivity index (χ2n) is 2.95. The number of nitrogen functional groups attached to an aromatic ring is 1. The van der Waals surface area contributed by atoms with Crippen LogP contribution in [0.15, 0.2) is 16.6 Å². The van der Waals surface area contributed by atoms with Crippen molar-refractivity contribution in [2.24, 2.45) is 0 Å². The van der Waals surface area contributed by atoms with E-state index < -0.39 is 5.82 Å². The zero-order valence-corrected chi connectivity index (χ0v) is 9.80. The van der Waals surface area contributed by atoms with Crippen molar-refractivity contribution in [2.75, 3.05) is 12.3 Å². The Kier molecular flexibility index (Phi) is 4.08. The van der Waals surface area contributed by atoms with Gasteiger partial charge in [-0.25, -0.2) is 4.39 Å². The summed E-state index contributed by atoms with van der Waals surface area (Å²) in [5.41, 5.74) is 6.38. The summed E-state index contributed by atoms with van der Waals surface area (Å²) in [7, 11) is 0. The largest absolute Gasteiger partial charge is 0.466 e. The van der Waals surface area contributed by atoms with Gasteiger partial charge >= 0.3 is 5.97 Å². The minimum absolute atomic E-state index is 0.0541. The van der Waals surface area contributed by atoms with E-state index >= 15 is 0 Å². The van der Waals surface area contributed by atoms with E-state index in [0.717, 1.165) is 0 Å². The highest BCUT2D eigenvalue weighted by molar-refractivity contribution is 9.10. The minimum atomic E-state index is -0.444. The maximum atomic E-state index is 13.0. The summed E-state index contributed by atoms with van der Waals surface area (Å²) in [5, 5.41) is 0. The van der Waals surface area contributed by atoms with Crippen LogP contribution in [-0.2, 0) is 16.0 Å². The van der Waals surface area contributed by atoms with Gasteiger partial charge in [-0.15, -0.1) is 0 Å². The first-order valence-electron chi connectivity index (χ1n) is 4.43. The van der Waals surface area contributed by atoms with Crippen molar-refractivity contribution in [1.82, 2.24) is 0 Å². The van der Waals surface area contributed by atoms with E-state index in [-0.39, 0.29) is 22.6 Å². The predicted molar refractivity (Wildman–Crippen MR) is 58.8 cm³/mol. The van der Waals surface area contributed by atoms with Gasteiger partial charge in [0.2, 0.25) is 0 Å². The number of carbonyl (C=O) groups is 1. The second-order valence-corrected chi connectivity index (χ2v) is 3.80. The van der Waals surface area contributed by atoms with Crippen LogP contribution in [0.3, 0.4) is 0 Å². The van der Waals surface area contributed by atoms with E-state index in [1.54, 1.807) is 6.92 Å². The smallest absolute Gasteiger partial charge is 0.310 e. The molecule has 0 aromatic heterocycles. The van der Waals surface area contributed by atoms with Crippen LogP contribution in [-0.4, -0.2) is 12.6 Å². The van der Waals surface area contributed by atoms with Gasteiger partial charge in [0.15, 0.2) is 0 Å². The van der Waals surface area contributed by atoms with E-state index in [1.165, 1.54) is 12.1 Å². The van der Waals surface area contributed by atoms with Crippen LogP contribution >= 0.6 is 15.9 Å². The lowest BCUT2D eigenvalue weighted by Gasteiger charge is -2.06. The molecule has 15 heavy (non-hydrogen) atoms. The molecule has 0 fully saturated rings. The molecule has 0 aliphatic heterocycles. The summed E-state index contributed by atoms with van der Waals surface area (Å²) in [5.74, 6) is -0.817. The van der Waals surface area contributed by atoms with Crippen LogP contribution in [0.5, 0.6) is 0 Å². The van der Waals surface area contributed by atoms with Gasteiger partial charge in [0.1, 0.15) is 5.82 Å². The highest BCUT2D eigenvalue weighted by Gasteiger charge is 2.10. The van der Waals surface area contributed by atoms with E-state index in [4.69, 9.17) is 10.5 Å². The molecule has 0 aliphatic rings. The van der Waals surface area contributed by atoms with E-state index in [9.17, 15) is 9.18 Å². The maximum Gasteiger partial charge on any atom is 0.310 e. The third-order valence-corrected chi connectivity index (χ3v) is 2.43. The van der Waals surface area contributed by atoms with Gasteiger partial charge in [0.05, 0.1) is 17.5 Å². The lowest BCUT2D eigenvalue weighted by Crippen LogP contribution is -2.09. The topological polar surface area (TPSA) is 52.3 Å². The number of esters is 1. The van der Waals surface area contributed by atoms with Crippen molar-refractivity contribution in [3.8, 4) is 0 Å². The molecule has 0 spiro atoms. The molecule has 0 heterocycles. The molecule has 1 aromatic carbocycles. The lowest BCUT2D eigenvalue weighted by molar-refractivity contribution is -0.142. The van der Waals surface area contributed by atoms with Gasteiger partial charge in [-0.05, 0) is 40.5 Å². The Morgan fingerprint density at radius 1 is 1.60 bits per heavy atom. The van der Waals surface area contributed by atoms with Gasteiger partial charge in [-0.3, -0.25) is 4.79 Å². The summed E-state index contributed by atoms with van der Waals surface area (Å²) in [4.78, 5) is 11.2. The Morgan fingerprint density at radius 2 is 2.27 bits per heavy atom. The van der Waals surface area contributed by atoms with Crippen molar-refractivity contribution < 1.29 is 13.9 Å². The van der Waals surface area contributed by atoms with Gasteiger partial charge in [-0.1, -0.05) is 0 Å². The molecule has 0 amide bonds. The van der Waals surface area contributed by atoms with E-state index in [2.05, 4.69) is 15.9 Å². The fourth-order valence-corrected chi connectivity index (χ4v) is 1.51. The lowest BCUT2D eigenvalue weighted by atomic mass is 10.1. The number of carbonyl (C=O) groups excluding carboxylic acids is 1. The molecule has 2 N–H and O–H groups in total. The highest BCUT2D eigenvalue weighted by Crippen LogP contribution is 2.23. The Hall–Kier alpha value is -1.10. The third-order valence-electron chi connectivity index (χ3n) is 1.82. The zero-order chi connectivity index (χ0) is 11.4. The second kappa shape index (κ2) is 5.11. The van der Waals surface area contributed by atoms with Crippen LogP contribution in [0.2, 0.25) is 0 Å². The summed E-state index contributed by atoms with van der Waals surface area (Å²) >= 11 is 3.03. The molecule has 82 valence electrons. The zero-order valence-electron chi connectivity index (χ0n) is 8.22. The first kappa shape index (κ1) is 12.0. The number of benzene rings is 1. The quantitative estimate of drug-likeness (QED) is 0.680. The van der Waals surface area contributed by atoms with Crippen LogP contribution in [0, 0.1) is 5.82 Å². The normalized spacial score (nSPS) is 10.1. The average molecular weight is 276 g/mol. The molecule has 0 radical (unpaired) electrons. The monoisotopic (exact) mass is 275 g/mol. The molecule has 5 heteroatoms. The SMILES string of the molecule is CCOC(=O)Cc1cc(Br)c(F)cc1N. The molecule has 0 saturated carbocycles. The number of ether oxygens (including phenoxy) is 1. The van der Waals surface area contributed by atoms with Crippen LogP contribution in [0.25, 0.3) is 0 Å². The van der Waals surface area contributed by atoms with Crippen molar-refractivity contribution >= 4 is 27.6 Å². The molecule has 0 bridgehead atoms. The average Bonchev–Trinajstić information content (AvgIpc) is 2.14. The van der Waals surface area contributed by atoms with Gasteiger partial charge in [0.25, 0.3) is 0 Å². The molecule has 0 unspecified atom stereocenters. The summed E-state index contributed by atoms with van der Waals surface area (Å²) in [6, 6.07) is 2.67. The molecule has 0 aliphatic carbocycles. The summed E-state index contributed by atoms with van der Waals surface area (Å²) in [6.45, 7) is 2.04. The maximum absolute atomic E-state index is 13.0. The molecule has 0 atom stereocenters. The molecule has 1 aromatic rings. The Morgan fingerprint density at radius 3 is 2.87 bits per heavy atom. The van der Waals surface area contributed by atoms with E-state index in [1.807, 2.05) is 0 Å². The van der Waals surface area contributed by atoms with Gasteiger partial charge in [-0.2, -0.15) is 0 Å². The van der Waals surface area contributed by atoms with Crippen molar-refractivity contribution in [3.63, 3.8) is 0 Å². The minimum Gasteiger partial charge on any atom is -0.466 e. The fourth-order valence-electron chi connectivity index (χ4n) is 1.12. The van der Waals surface area contributed by atoms with Gasteiger partial charge in [0, 0.05) is 5.69 Å². The van der Waals surface area contributed by atoms with E-state index in [0.29, 0.717) is 12.2 Å². The molecule has 3 nitrogen and oxygen atoms in total. The number of anilines is 1. The molecular formula is C10H11BrFNO2. The summed E-state index contributed by atoms with van der Waals surface area (Å²) in [6.07, 6.45) is 0.0541. The number of halogens is 2. The number of hydrogen-bond acceptors (Lipinski definition) is 3. The van der Waals surface area contributed by atoms with Crippen LogP contribution in [0.1, 0.15) is 12.5 Å². The molecule has 0 saturated heterocycles. The number of hydrogen-bond donors (Lipinski definition) is 1.